The third-order valence-corrected chi connectivity index (χ3v) is 5.05. The number of carbonyl (C=O) groups is 2. The number of halogens is 1. The smallest absolute Gasteiger partial charge is 0.260 e. The monoisotopic (exact) mass is 417 g/mol. The van der Waals surface area contributed by atoms with E-state index in [9.17, 15) is 9.59 Å². The number of ether oxygens (including phenoxy) is 1. The molecule has 0 spiro atoms. The Morgan fingerprint density at radius 3 is 2.24 bits per heavy atom. The Morgan fingerprint density at radius 1 is 1.03 bits per heavy atom. The lowest BCUT2D eigenvalue weighted by atomic mass is 9.95. The van der Waals surface area contributed by atoms with Crippen LogP contribution in [0, 0.1) is 5.92 Å². The van der Waals surface area contributed by atoms with Crippen LogP contribution in [0.15, 0.2) is 60.7 Å². The maximum atomic E-state index is 12.4. The van der Waals surface area contributed by atoms with Crippen molar-refractivity contribution < 1.29 is 14.3 Å². The number of hydrogen-bond donors (Lipinski definition) is 2. The molecule has 0 aromatic heterocycles. The van der Waals surface area contributed by atoms with Crippen molar-refractivity contribution in [1.29, 1.82) is 0 Å². The summed E-state index contributed by atoms with van der Waals surface area (Å²) in [4.78, 5) is 26.5. The second-order valence-corrected chi connectivity index (χ2v) is 7.02. The van der Waals surface area contributed by atoms with Crippen molar-refractivity contribution in [2.75, 3.05) is 26.2 Å². The molecule has 2 amide bonds. The Kier molecular flexibility index (Phi) is 8.96. The Labute approximate surface area is 177 Å². The molecule has 1 atom stereocenters. The van der Waals surface area contributed by atoms with Crippen LogP contribution in [0.1, 0.15) is 24.4 Å². The fourth-order valence-corrected chi connectivity index (χ4v) is 3.32. The third-order valence-electron chi connectivity index (χ3n) is 5.05. The molecule has 1 fully saturated rings. The fraction of sp³-hybridized carbons (Fsp3) is 0.364. The highest BCUT2D eigenvalue weighted by molar-refractivity contribution is 5.85. The summed E-state index contributed by atoms with van der Waals surface area (Å²) < 4.78 is 5.52. The fourth-order valence-electron chi connectivity index (χ4n) is 3.32. The first-order valence-electron chi connectivity index (χ1n) is 9.67. The van der Waals surface area contributed by atoms with Gasteiger partial charge in [0.1, 0.15) is 5.75 Å². The topological polar surface area (TPSA) is 84.7 Å². The number of carbonyl (C=O) groups excluding carboxylic acids is 2. The van der Waals surface area contributed by atoms with Crippen LogP contribution < -0.4 is 15.8 Å². The van der Waals surface area contributed by atoms with E-state index in [4.69, 9.17) is 10.5 Å². The molecule has 29 heavy (non-hydrogen) atoms. The van der Waals surface area contributed by atoms with Crippen LogP contribution in [0.4, 0.5) is 0 Å². The van der Waals surface area contributed by atoms with E-state index in [0.29, 0.717) is 38.2 Å². The number of piperidine rings is 1. The molecule has 0 bridgehead atoms. The number of benzene rings is 2. The van der Waals surface area contributed by atoms with Gasteiger partial charge in [0.15, 0.2) is 6.61 Å². The van der Waals surface area contributed by atoms with E-state index < -0.39 is 0 Å². The van der Waals surface area contributed by atoms with Gasteiger partial charge in [0.2, 0.25) is 5.91 Å². The van der Waals surface area contributed by atoms with Gasteiger partial charge in [-0.1, -0.05) is 48.5 Å². The number of nitrogens with zero attached hydrogens (tertiary/aromatic N) is 1. The molecule has 3 rings (SSSR count). The van der Waals surface area contributed by atoms with Crippen molar-refractivity contribution in [3.8, 4) is 5.75 Å². The van der Waals surface area contributed by atoms with E-state index in [1.807, 2.05) is 60.7 Å². The molecular formula is C22H28ClN3O3. The summed E-state index contributed by atoms with van der Waals surface area (Å²) in [7, 11) is 0. The molecule has 7 heteroatoms. The van der Waals surface area contributed by atoms with Crippen molar-refractivity contribution in [3.63, 3.8) is 0 Å². The van der Waals surface area contributed by atoms with E-state index in [0.717, 1.165) is 5.56 Å². The highest BCUT2D eigenvalue weighted by Crippen LogP contribution is 2.18. The van der Waals surface area contributed by atoms with Gasteiger partial charge in [0.05, 0.1) is 0 Å². The van der Waals surface area contributed by atoms with Gasteiger partial charge in [0.25, 0.3) is 5.91 Å². The molecule has 3 N–H and O–H groups in total. The van der Waals surface area contributed by atoms with Gasteiger partial charge in [-0.2, -0.15) is 0 Å². The lowest BCUT2D eigenvalue weighted by Crippen LogP contribution is -2.45. The molecule has 156 valence electrons. The van der Waals surface area contributed by atoms with Crippen molar-refractivity contribution >= 4 is 24.2 Å². The molecule has 6 nitrogen and oxygen atoms in total. The number of hydrogen-bond acceptors (Lipinski definition) is 4. The number of nitrogens with two attached hydrogens (primary N) is 1. The molecule has 2 aromatic rings. The van der Waals surface area contributed by atoms with E-state index in [1.54, 1.807) is 4.90 Å². The van der Waals surface area contributed by atoms with Crippen LogP contribution in [0.5, 0.6) is 5.75 Å². The Bertz CT molecular complexity index is 765. The molecule has 0 radical (unpaired) electrons. The van der Waals surface area contributed by atoms with Crippen molar-refractivity contribution in [3.05, 3.63) is 66.2 Å². The molecular weight excluding hydrogens is 390 g/mol. The van der Waals surface area contributed by atoms with E-state index >= 15 is 0 Å². The van der Waals surface area contributed by atoms with E-state index in [-0.39, 0.29) is 42.8 Å². The zero-order chi connectivity index (χ0) is 19.8. The van der Waals surface area contributed by atoms with Gasteiger partial charge < -0.3 is 20.7 Å². The predicted octanol–water partition coefficient (Wildman–Crippen LogP) is 2.54. The van der Waals surface area contributed by atoms with Crippen molar-refractivity contribution in [2.24, 2.45) is 11.7 Å². The average molecular weight is 418 g/mol. The van der Waals surface area contributed by atoms with Crippen molar-refractivity contribution in [1.82, 2.24) is 10.2 Å². The summed E-state index contributed by atoms with van der Waals surface area (Å²) in [6, 6.07) is 18.8. The minimum atomic E-state index is -0.220. The van der Waals surface area contributed by atoms with Gasteiger partial charge in [-0.15, -0.1) is 12.4 Å². The minimum absolute atomic E-state index is 0. The predicted molar refractivity (Wildman–Crippen MR) is 115 cm³/mol. The maximum Gasteiger partial charge on any atom is 0.260 e. The molecule has 1 saturated heterocycles. The Balaban J connectivity index is 0.00000300. The van der Waals surface area contributed by atoms with Crippen molar-refractivity contribution in [2.45, 2.75) is 18.9 Å². The summed E-state index contributed by atoms with van der Waals surface area (Å²) in [5.74, 6) is 0.565. The quantitative estimate of drug-likeness (QED) is 0.725. The van der Waals surface area contributed by atoms with E-state index in [2.05, 4.69) is 5.32 Å². The number of para-hydroxylation sites is 1. The van der Waals surface area contributed by atoms with Crippen LogP contribution in [0.3, 0.4) is 0 Å². The van der Waals surface area contributed by atoms with Gasteiger partial charge in [0, 0.05) is 31.6 Å². The summed E-state index contributed by atoms with van der Waals surface area (Å²) >= 11 is 0. The Morgan fingerprint density at radius 2 is 1.62 bits per heavy atom. The van der Waals surface area contributed by atoms with Crippen LogP contribution in [-0.4, -0.2) is 43.0 Å². The highest BCUT2D eigenvalue weighted by Gasteiger charge is 2.27. The first-order valence-corrected chi connectivity index (χ1v) is 9.67. The maximum absolute atomic E-state index is 12.4. The molecule has 0 saturated carbocycles. The molecule has 1 unspecified atom stereocenters. The second-order valence-electron chi connectivity index (χ2n) is 7.02. The zero-order valence-electron chi connectivity index (χ0n) is 16.3. The SMILES string of the molecule is Cl.NC(CNC(=O)C1CCN(C(=O)COc2ccccc2)CC1)c1ccccc1. The lowest BCUT2D eigenvalue weighted by Gasteiger charge is -2.31. The first kappa shape index (κ1) is 22.7. The number of amides is 2. The van der Waals surface area contributed by atoms with Crippen LogP contribution in [0.25, 0.3) is 0 Å². The normalized spacial score (nSPS) is 15.1. The molecule has 1 heterocycles. The molecule has 2 aromatic carbocycles. The second kappa shape index (κ2) is 11.4. The average Bonchev–Trinajstić information content (AvgIpc) is 2.77. The number of likely N-dealkylation sites (tertiary alicyclic amines) is 1. The highest BCUT2D eigenvalue weighted by atomic mass is 35.5. The standard InChI is InChI=1S/C22H27N3O3.ClH/c23-20(17-7-3-1-4-8-17)15-24-22(27)18-11-13-25(14-12-18)21(26)16-28-19-9-5-2-6-10-19;/h1-10,18,20H,11-16,23H2,(H,24,27);1H. The summed E-state index contributed by atoms with van der Waals surface area (Å²) in [6.45, 7) is 1.57. The first-order chi connectivity index (χ1) is 13.6. The largest absolute Gasteiger partial charge is 0.484 e. The summed E-state index contributed by atoms with van der Waals surface area (Å²) in [6.07, 6.45) is 1.31. The van der Waals surface area contributed by atoms with Gasteiger partial charge in [-0.3, -0.25) is 9.59 Å². The van der Waals surface area contributed by atoms with Crippen LogP contribution >= 0.6 is 12.4 Å². The Hall–Kier alpha value is -2.57. The zero-order valence-corrected chi connectivity index (χ0v) is 17.1. The molecule has 1 aliphatic rings. The van der Waals surface area contributed by atoms with Crippen LogP contribution in [-0.2, 0) is 9.59 Å². The number of rotatable bonds is 7. The van der Waals surface area contributed by atoms with Gasteiger partial charge in [-0.25, -0.2) is 0 Å². The molecule has 0 aliphatic carbocycles. The lowest BCUT2D eigenvalue weighted by molar-refractivity contribution is -0.137. The number of nitrogens with one attached hydrogen (secondary N) is 1. The molecule has 1 aliphatic heterocycles. The van der Waals surface area contributed by atoms with Gasteiger partial charge >= 0.3 is 0 Å². The van der Waals surface area contributed by atoms with Crippen LogP contribution in [0.2, 0.25) is 0 Å². The minimum Gasteiger partial charge on any atom is -0.484 e. The summed E-state index contributed by atoms with van der Waals surface area (Å²) in [5, 5.41) is 2.95. The van der Waals surface area contributed by atoms with Gasteiger partial charge in [-0.05, 0) is 30.5 Å². The third kappa shape index (κ3) is 6.76. The summed E-state index contributed by atoms with van der Waals surface area (Å²) in [5.41, 5.74) is 7.14. The van der Waals surface area contributed by atoms with E-state index in [1.165, 1.54) is 0 Å².